The second-order valence-corrected chi connectivity index (χ2v) is 8.20. The molecule has 2 rings (SSSR count). The summed E-state index contributed by atoms with van der Waals surface area (Å²) in [4.78, 5) is 14.1. The van der Waals surface area contributed by atoms with Crippen molar-refractivity contribution in [2.24, 2.45) is 0 Å². The number of hydrogen-bond donors (Lipinski definition) is 0. The standard InChI is InChI=1S/C13H23NOS/c1-11(2)12(3,4)16-13(14(11)5)8-6-10(15)7-9-13/h6-9H2,1-5H3. The summed E-state index contributed by atoms with van der Waals surface area (Å²) >= 11 is 2.08. The van der Waals surface area contributed by atoms with Gasteiger partial charge in [0.05, 0.1) is 4.87 Å². The Bertz CT molecular complexity index is 312. The third-order valence-corrected chi connectivity index (χ3v) is 7.03. The molecular formula is C13H23NOS. The van der Waals surface area contributed by atoms with Gasteiger partial charge in [0.25, 0.3) is 0 Å². The van der Waals surface area contributed by atoms with Gasteiger partial charge < -0.3 is 0 Å². The Labute approximate surface area is 103 Å². The van der Waals surface area contributed by atoms with Crippen LogP contribution in [0.2, 0.25) is 0 Å². The van der Waals surface area contributed by atoms with Gasteiger partial charge in [-0.25, -0.2) is 0 Å². The lowest BCUT2D eigenvalue weighted by Crippen LogP contribution is -2.53. The first-order valence-electron chi connectivity index (χ1n) is 6.17. The highest BCUT2D eigenvalue weighted by molar-refractivity contribution is 8.02. The molecule has 0 amide bonds. The average Bonchev–Trinajstić information content (AvgIpc) is 2.31. The third-order valence-electron chi connectivity index (χ3n) is 4.96. The quantitative estimate of drug-likeness (QED) is 0.650. The van der Waals surface area contributed by atoms with Crippen LogP contribution in [0.5, 0.6) is 0 Å². The van der Waals surface area contributed by atoms with Crippen LogP contribution in [-0.4, -0.2) is 32.9 Å². The molecule has 1 saturated carbocycles. The van der Waals surface area contributed by atoms with Gasteiger partial charge in [0, 0.05) is 23.1 Å². The van der Waals surface area contributed by atoms with Gasteiger partial charge >= 0.3 is 0 Å². The van der Waals surface area contributed by atoms with Crippen LogP contribution in [0.3, 0.4) is 0 Å². The number of Topliss-reactive ketones (excluding diaryl/α,β-unsaturated/α-hetero) is 1. The van der Waals surface area contributed by atoms with E-state index in [0.29, 0.717) is 5.78 Å². The first-order chi connectivity index (χ1) is 7.21. The lowest BCUT2D eigenvalue weighted by atomic mass is 9.84. The second kappa shape index (κ2) is 3.49. The Balaban J connectivity index is 2.29. The van der Waals surface area contributed by atoms with Crippen molar-refractivity contribution in [3.8, 4) is 0 Å². The van der Waals surface area contributed by atoms with Crippen molar-refractivity contribution in [3.05, 3.63) is 0 Å². The van der Waals surface area contributed by atoms with Crippen LogP contribution in [0.25, 0.3) is 0 Å². The number of thioether (sulfide) groups is 1. The van der Waals surface area contributed by atoms with E-state index in [9.17, 15) is 4.79 Å². The summed E-state index contributed by atoms with van der Waals surface area (Å²) in [6.07, 6.45) is 3.59. The summed E-state index contributed by atoms with van der Waals surface area (Å²) < 4.78 is 0.252. The minimum absolute atomic E-state index is 0.193. The van der Waals surface area contributed by atoms with Crippen LogP contribution < -0.4 is 0 Å². The van der Waals surface area contributed by atoms with Gasteiger partial charge in [0.2, 0.25) is 0 Å². The van der Waals surface area contributed by atoms with Gasteiger partial charge in [-0.3, -0.25) is 9.69 Å². The predicted molar refractivity (Wildman–Crippen MR) is 69.7 cm³/mol. The van der Waals surface area contributed by atoms with Crippen molar-refractivity contribution in [1.29, 1.82) is 0 Å². The summed E-state index contributed by atoms with van der Waals surface area (Å²) in [5.41, 5.74) is 0.193. The second-order valence-electron chi connectivity index (χ2n) is 6.22. The molecule has 2 nitrogen and oxygen atoms in total. The molecule has 0 aromatic heterocycles. The number of rotatable bonds is 0. The highest BCUT2D eigenvalue weighted by Crippen LogP contribution is 2.60. The van der Waals surface area contributed by atoms with Crippen molar-refractivity contribution < 1.29 is 4.79 Å². The van der Waals surface area contributed by atoms with Crippen LogP contribution in [0, 0.1) is 0 Å². The van der Waals surface area contributed by atoms with Gasteiger partial charge in [0.15, 0.2) is 0 Å². The molecule has 1 saturated heterocycles. The molecule has 2 fully saturated rings. The van der Waals surface area contributed by atoms with Crippen molar-refractivity contribution in [2.45, 2.75) is 68.5 Å². The summed E-state index contributed by atoms with van der Waals surface area (Å²) in [7, 11) is 2.23. The molecule has 2 aliphatic rings. The fraction of sp³-hybridized carbons (Fsp3) is 0.923. The molecule has 0 aromatic carbocycles. The van der Waals surface area contributed by atoms with E-state index in [1.807, 2.05) is 0 Å². The van der Waals surface area contributed by atoms with Crippen LogP contribution in [0.15, 0.2) is 0 Å². The molecule has 0 bridgehead atoms. The first kappa shape index (κ1) is 12.4. The number of ketones is 1. The molecule has 1 spiro atoms. The molecule has 0 N–H and O–H groups in total. The van der Waals surface area contributed by atoms with E-state index >= 15 is 0 Å². The zero-order chi connectivity index (χ0) is 12.2. The van der Waals surface area contributed by atoms with E-state index in [4.69, 9.17) is 0 Å². The maximum absolute atomic E-state index is 11.4. The molecule has 16 heavy (non-hydrogen) atoms. The van der Waals surface area contributed by atoms with Crippen LogP contribution >= 0.6 is 11.8 Å². The van der Waals surface area contributed by atoms with Gasteiger partial charge in [-0.1, -0.05) is 0 Å². The minimum atomic E-state index is 0.193. The molecule has 0 atom stereocenters. The highest BCUT2D eigenvalue weighted by atomic mass is 32.2. The summed E-state index contributed by atoms with van der Waals surface area (Å²) in [6, 6.07) is 0. The molecule has 0 unspecified atom stereocenters. The maximum Gasteiger partial charge on any atom is 0.133 e. The number of nitrogens with zero attached hydrogens (tertiary/aromatic N) is 1. The number of hydrogen-bond acceptors (Lipinski definition) is 3. The molecular weight excluding hydrogens is 218 g/mol. The molecule has 1 aliphatic carbocycles. The van der Waals surface area contributed by atoms with Crippen molar-refractivity contribution >= 4 is 17.5 Å². The Morgan fingerprint density at radius 3 is 2.00 bits per heavy atom. The van der Waals surface area contributed by atoms with Crippen LogP contribution in [-0.2, 0) is 4.79 Å². The Hall–Kier alpha value is -0.0200. The van der Waals surface area contributed by atoms with Crippen LogP contribution in [0.4, 0.5) is 0 Å². The normalized spacial score (nSPS) is 32.2. The van der Waals surface area contributed by atoms with Gasteiger partial charge in [0.1, 0.15) is 5.78 Å². The van der Waals surface area contributed by atoms with Crippen LogP contribution in [0.1, 0.15) is 53.4 Å². The smallest absolute Gasteiger partial charge is 0.133 e. The average molecular weight is 241 g/mol. The van der Waals surface area contributed by atoms with E-state index < -0.39 is 0 Å². The van der Waals surface area contributed by atoms with E-state index in [1.54, 1.807) is 0 Å². The van der Waals surface area contributed by atoms with E-state index in [0.717, 1.165) is 25.7 Å². The van der Waals surface area contributed by atoms with E-state index in [1.165, 1.54) is 0 Å². The fourth-order valence-corrected chi connectivity index (χ4v) is 5.05. The van der Waals surface area contributed by atoms with Gasteiger partial charge in [-0.2, -0.15) is 0 Å². The fourth-order valence-electron chi connectivity index (χ4n) is 2.94. The molecule has 0 radical (unpaired) electrons. The van der Waals surface area contributed by atoms with E-state index in [-0.39, 0.29) is 15.2 Å². The summed E-state index contributed by atoms with van der Waals surface area (Å²) in [5.74, 6) is 0.446. The van der Waals surface area contributed by atoms with Gasteiger partial charge in [-0.05, 0) is 47.6 Å². The lowest BCUT2D eigenvalue weighted by molar-refractivity contribution is -0.122. The SMILES string of the molecule is CN1C2(CCC(=O)CC2)SC(C)(C)C1(C)C. The van der Waals surface area contributed by atoms with Crippen molar-refractivity contribution in [3.63, 3.8) is 0 Å². The molecule has 1 heterocycles. The summed E-state index contributed by atoms with van der Waals surface area (Å²) in [5, 5.41) is 0. The molecule has 0 aromatic rings. The number of carbonyl (C=O) groups is 1. The zero-order valence-electron chi connectivity index (χ0n) is 11.1. The maximum atomic E-state index is 11.4. The topological polar surface area (TPSA) is 20.3 Å². The molecule has 1 aliphatic heterocycles. The largest absolute Gasteiger partial charge is 0.300 e. The summed E-state index contributed by atoms with van der Waals surface area (Å²) in [6.45, 7) is 9.31. The zero-order valence-corrected chi connectivity index (χ0v) is 11.9. The predicted octanol–water partition coefficient (Wildman–Crippen LogP) is 3.06. The Morgan fingerprint density at radius 1 is 1.12 bits per heavy atom. The minimum Gasteiger partial charge on any atom is -0.300 e. The first-order valence-corrected chi connectivity index (χ1v) is 6.99. The highest BCUT2D eigenvalue weighted by Gasteiger charge is 2.59. The Morgan fingerprint density at radius 2 is 1.62 bits per heavy atom. The van der Waals surface area contributed by atoms with Crippen molar-refractivity contribution in [1.82, 2.24) is 4.90 Å². The number of carbonyl (C=O) groups excluding carboxylic acids is 1. The molecule has 3 heteroatoms. The third kappa shape index (κ3) is 1.55. The van der Waals surface area contributed by atoms with Gasteiger partial charge in [-0.15, -0.1) is 11.8 Å². The molecule has 92 valence electrons. The Kier molecular flexibility index (Phi) is 2.71. The monoisotopic (exact) mass is 241 g/mol. The van der Waals surface area contributed by atoms with E-state index in [2.05, 4.69) is 51.4 Å². The van der Waals surface area contributed by atoms with Crippen molar-refractivity contribution in [2.75, 3.05) is 7.05 Å². The lowest BCUT2D eigenvalue weighted by Gasteiger charge is -2.43.